The second-order valence-corrected chi connectivity index (χ2v) is 6.57. The maximum absolute atomic E-state index is 12.6. The Morgan fingerprint density at radius 3 is 2.59 bits per heavy atom. The van der Waals surface area contributed by atoms with Crippen LogP contribution in [0.4, 0.5) is 5.69 Å². The van der Waals surface area contributed by atoms with Gasteiger partial charge < -0.3 is 10.2 Å². The first kappa shape index (κ1) is 18.9. The largest absolute Gasteiger partial charge is 0.358 e. The van der Waals surface area contributed by atoms with Gasteiger partial charge in [0.15, 0.2) is 5.15 Å². The predicted octanol–water partition coefficient (Wildman–Crippen LogP) is 2.90. The van der Waals surface area contributed by atoms with Gasteiger partial charge in [-0.25, -0.2) is 4.98 Å². The van der Waals surface area contributed by atoms with Crippen LogP contribution < -0.4 is 5.32 Å². The number of rotatable bonds is 5. The molecule has 1 N–H and O–H groups in total. The van der Waals surface area contributed by atoms with E-state index in [0.29, 0.717) is 18.8 Å². The molecule has 0 unspecified atom stereocenters. The van der Waals surface area contributed by atoms with Crippen molar-refractivity contribution in [1.29, 1.82) is 5.26 Å². The van der Waals surface area contributed by atoms with Gasteiger partial charge in [0.25, 0.3) is 5.91 Å². The molecule has 3 rings (SSSR count). The fourth-order valence-electron chi connectivity index (χ4n) is 2.91. The number of hydrogen-bond acceptors (Lipinski definition) is 5. The summed E-state index contributed by atoms with van der Waals surface area (Å²) in [5.74, 6) is -0.274. The number of hydrogen-bond donors (Lipinski definition) is 1. The molecule has 7 heteroatoms. The highest BCUT2D eigenvalue weighted by atomic mass is 35.5. The number of pyridine rings is 1. The van der Waals surface area contributed by atoms with Crippen LogP contribution in [0, 0.1) is 11.3 Å². The number of piperazine rings is 1. The van der Waals surface area contributed by atoms with Crippen LogP contribution in [-0.4, -0.2) is 46.9 Å². The van der Waals surface area contributed by atoms with Crippen LogP contribution in [-0.2, 0) is 11.3 Å². The second-order valence-electron chi connectivity index (χ2n) is 6.21. The van der Waals surface area contributed by atoms with Gasteiger partial charge in [0.1, 0.15) is 11.6 Å². The SMILES string of the molecule is N#C/C(=C/Nc1cccnc1Cl)C(=O)N1CCN(Cc2ccccc2)CC1. The van der Waals surface area contributed by atoms with E-state index < -0.39 is 0 Å². The molecule has 1 saturated heterocycles. The van der Waals surface area contributed by atoms with Crippen LogP contribution in [0.15, 0.2) is 60.4 Å². The first-order valence-electron chi connectivity index (χ1n) is 8.70. The number of aromatic nitrogens is 1. The van der Waals surface area contributed by atoms with Crippen molar-refractivity contribution >= 4 is 23.2 Å². The summed E-state index contributed by atoms with van der Waals surface area (Å²) in [5, 5.41) is 12.5. The Bertz CT molecular complexity index is 854. The molecule has 2 aromatic rings. The molecule has 27 heavy (non-hydrogen) atoms. The van der Waals surface area contributed by atoms with E-state index in [9.17, 15) is 10.1 Å². The molecular formula is C20H20ClN5O. The summed E-state index contributed by atoms with van der Waals surface area (Å²) in [7, 11) is 0. The van der Waals surface area contributed by atoms with Crippen LogP contribution in [0.5, 0.6) is 0 Å². The monoisotopic (exact) mass is 381 g/mol. The summed E-state index contributed by atoms with van der Waals surface area (Å²) in [6.07, 6.45) is 2.96. The van der Waals surface area contributed by atoms with Crippen molar-refractivity contribution in [3.8, 4) is 6.07 Å². The van der Waals surface area contributed by atoms with Crippen LogP contribution in [0.3, 0.4) is 0 Å². The number of halogens is 1. The summed E-state index contributed by atoms with van der Waals surface area (Å²) in [5.41, 5.74) is 1.85. The first-order chi connectivity index (χ1) is 13.2. The molecule has 2 heterocycles. The number of anilines is 1. The van der Waals surface area contributed by atoms with Gasteiger partial charge in [0, 0.05) is 45.1 Å². The Morgan fingerprint density at radius 2 is 1.93 bits per heavy atom. The highest BCUT2D eigenvalue weighted by Crippen LogP contribution is 2.18. The van der Waals surface area contributed by atoms with Gasteiger partial charge in [-0.1, -0.05) is 41.9 Å². The van der Waals surface area contributed by atoms with Crippen molar-refractivity contribution in [3.05, 3.63) is 71.2 Å². The van der Waals surface area contributed by atoms with Gasteiger partial charge in [-0.2, -0.15) is 5.26 Å². The van der Waals surface area contributed by atoms with Gasteiger partial charge >= 0.3 is 0 Å². The quantitative estimate of drug-likeness (QED) is 0.490. The van der Waals surface area contributed by atoms with Gasteiger partial charge in [-0.15, -0.1) is 0 Å². The average molecular weight is 382 g/mol. The lowest BCUT2D eigenvalue weighted by molar-refractivity contribution is -0.128. The molecule has 0 atom stereocenters. The maximum Gasteiger partial charge on any atom is 0.266 e. The van der Waals surface area contributed by atoms with Gasteiger partial charge in [0.2, 0.25) is 0 Å². The highest BCUT2D eigenvalue weighted by molar-refractivity contribution is 6.32. The van der Waals surface area contributed by atoms with Crippen molar-refractivity contribution in [3.63, 3.8) is 0 Å². The summed E-state index contributed by atoms with van der Waals surface area (Å²) >= 11 is 5.98. The molecule has 1 amide bonds. The van der Waals surface area contributed by atoms with E-state index in [1.165, 1.54) is 11.8 Å². The van der Waals surface area contributed by atoms with Crippen molar-refractivity contribution < 1.29 is 4.79 Å². The zero-order valence-electron chi connectivity index (χ0n) is 14.8. The molecular weight excluding hydrogens is 362 g/mol. The number of nitrogens with zero attached hydrogens (tertiary/aromatic N) is 4. The van der Waals surface area contributed by atoms with Gasteiger partial charge in [-0.05, 0) is 17.7 Å². The standard InChI is InChI=1S/C20H20ClN5O/c21-19-18(7-4-8-23-19)24-14-17(13-22)20(27)26-11-9-25(10-12-26)15-16-5-2-1-3-6-16/h1-8,14,24H,9-12,15H2/b17-14-. The minimum atomic E-state index is -0.274. The van der Waals surface area contributed by atoms with E-state index in [1.807, 2.05) is 24.3 Å². The molecule has 1 aliphatic rings. The summed E-state index contributed by atoms with van der Waals surface area (Å²) < 4.78 is 0. The Labute approximate surface area is 163 Å². The minimum absolute atomic E-state index is 0.0476. The number of nitriles is 1. The minimum Gasteiger partial charge on any atom is -0.358 e. The zero-order valence-corrected chi connectivity index (χ0v) is 15.6. The number of carbonyl (C=O) groups excluding carboxylic acids is 1. The van der Waals surface area contributed by atoms with E-state index >= 15 is 0 Å². The lowest BCUT2D eigenvalue weighted by Crippen LogP contribution is -2.48. The molecule has 0 aliphatic carbocycles. The Kier molecular flexibility index (Phi) is 6.42. The van der Waals surface area contributed by atoms with E-state index in [-0.39, 0.29) is 16.6 Å². The Morgan fingerprint density at radius 1 is 1.19 bits per heavy atom. The average Bonchev–Trinajstić information content (AvgIpc) is 2.71. The molecule has 6 nitrogen and oxygen atoms in total. The molecule has 1 aromatic carbocycles. The van der Waals surface area contributed by atoms with Crippen LogP contribution in [0.25, 0.3) is 0 Å². The number of benzene rings is 1. The zero-order chi connectivity index (χ0) is 19.1. The molecule has 0 saturated carbocycles. The fourth-order valence-corrected chi connectivity index (χ4v) is 3.08. The summed E-state index contributed by atoms with van der Waals surface area (Å²) in [6.45, 7) is 3.62. The lowest BCUT2D eigenvalue weighted by atomic mass is 10.2. The number of amides is 1. The van der Waals surface area contributed by atoms with E-state index in [4.69, 9.17) is 11.6 Å². The van der Waals surface area contributed by atoms with Gasteiger partial charge in [0.05, 0.1) is 5.69 Å². The van der Waals surface area contributed by atoms with E-state index in [2.05, 4.69) is 27.3 Å². The summed E-state index contributed by atoms with van der Waals surface area (Å²) in [6, 6.07) is 15.7. The third-order valence-corrected chi connectivity index (χ3v) is 4.69. The smallest absolute Gasteiger partial charge is 0.266 e. The molecule has 0 bridgehead atoms. The maximum atomic E-state index is 12.6. The van der Waals surface area contributed by atoms with Crippen molar-refractivity contribution in [2.75, 3.05) is 31.5 Å². The van der Waals surface area contributed by atoms with E-state index in [0.717, 1.165) is 19.6 Å². The normalized spacial score (nSPS) is 15.3. The number of nitrogens with one attached hydrogen (secondary N) is 1. The topological polar surface area (TPSA) is 72.3 Å². The first-order valence-corrected chi connectivity index (χ1v) is 9.08. The predicted molar refractivity (Wildman–Crippen MR) is 105 cm³/mol. The van der Waals surface area contributed by atoms with Crippen LogP contribution in [0.1, 0.15) is 5.56 Å². The van der Waals surface area contributed by atoms with Crippen molar-refractivity contribution in [1.82, 2.24) is 14.8 Å². The number of carbonyl (C=O) groups is 1. The fraction of sp³-hybridized carbons (Fsp3) is 0.250. The Balaban J connectivity index is 1.56. The molecule has 138 valence electrons. The Hall–Kier alpha value is -2.88. The molecule has 1 aliphatic heterocycles. The molecule has 1 aromatic heterocycles. The highest BCUT2D eigenvalue weighted by Gasteiger charge is 2.23. The molecule has 1 fully saturated rings. The third kappa shape index (κ3) is 5.07. The molecule has 0 spiro atoms. The van der Waals surface area contributed by atoms with Crippen molar-refractivity contribution in [2.45, 2.75) is 6.54 Å². The second kappa shape index (κ2) is 9.17. The lowest BCUT2D eigenvalue weighted by Gasteiger charge is -2.34. The van der Waals surface area contributed by atoms with Crippen LogP contribution >= 0.6 is 11.6 Å². The van der Waals surface area contributed by atoms with Crippen molar-refractivity contribution in [2.24, 2.45) is 0 Å². The third-order valence-electron chi connectivity index (χ3n) is 4.39. The molecule has 0 radical (unpaired) electrons. The van der Waals surface area contributed by atoms with E-state index in [1.54, 1.807) is 23.2 Å². The van der Waals surface area contributed by atoms with Gasteiger partial charge in [-0.3, -0.25) is 9.69 Å². The summed E-state index contributed by atoms with van der Waals surface area (Å²) in [4.78, 5) is 20.6. The van der Waals surface area contributed by atoms with Crippen LogP contribution in [0.2, 0.25) is 5.15 Å².